The molecule has 0 bridgehead atoms. The van der Waals surface area contributed by atoms with Crippen LogP contribution in [0.3, 0.4) is 0 Å². The summed E-state index contributed by atoms with van der Waals surface area (Å²) in [6.45, 7) is 0.680. The molecule has 184 valence electrons. The zero-order valence-electron chi connectivity index (χ0n) is 19.7. The standard InChI is InChI=1S/C24H32N4O6/c1-33-19-6-5-16(13-20(19)34-2)18-14-24(9-3-4-10-24)22(30)28(26-18)17-7-11-27(12-8-17)21(29)15-25-23(31)32/h5-6,13,17,25H,3-4,7-12,14-15H2,1-2H3,(H,31,32). The van der Waals surface area contributed by atoms with Gasteiger partial charge in [-0.3, -0.25) is 9.59 Å². The van der Waals surface area contributed by atoms with Crippen LogP contribution in [0.15, 0.2) is 23.3 Å². The van der Waals surface area contributed by atoms with Gasteiger partial charge in [0.25, 0.3) is 0 Å². The molecule has 10 nitrogen and oxygen atoms in total. The minimum Gasteiger partial charge on any atom is -0.493 e. The number of carbonyl (C=O) groups excluding carboxylic acids is 2. The van der Waals surface area contributed by atoms with Gasteiger partial charge >= 0.3 is 6.09 Å². The Balaban J connectivity index is 1.56. The Morgan fingerprint density at radius 2 is 1.82 bits per heavy atom. The number of hydrazone groups is 1. The van der Waals surface area contributed by atoms with E-state index in [2.05, 4.69) is 5.32 Å². The number of carboxylic acid groups (broad SMARTS) is 1. The number of hydrogen-bond acceptors (Lipinski definition) is 6. The van der Waals surface area contributed by atoms with Gasteiger partial charge in [-0.25, -0.2) is 9.80 Å². The van der Waals surface area contributed by atoms with E-state index in [1.165, 1.54) is 0 Å². The molecule has 0 radical (unpaired) electrons. The number of ether oxygens (including phenoxy) is 2. The number of benzene rings is 1. The SMILES string of the molecule is COc1ccc(C2=NN(C3CCN(C(=O)CNC(=O)O)CC3)C(=O)C3(CCCC3)C2)cc1OC. The topological polar surface area (TPSA) is 121 Å². The largest absolute Gasteiger partial charge is 0.493 e. The second kappa shape index (κ2) is 9.90. The van der Waals surface area contributed by atoms with E-state index < -0.39 is 11.5 Å². The average Bonchev–Trinajstić information content (AvgIpc) is 3.33. The van der Waals surface area contributed by atoms with Gasteiger partial charge in [0.05, 0.1) is 31.4 Å². The number of methoxy groups -OCH3 is 2. The lowest BCUT2D eigenvalue weighted by atomic mass is 9.77. The van der Waals surface area contributed by atoms with Gasteiger partial charge in [0, 0.05) is 25.1 Å². The Hall–Kier alpha value is -3.30. The molecule has 2 heterocycles. The highest BCUT2D eigenvalue weighted by atomic mass is 16.5. The minimum absolute atomic E-state index is 0.0894. The molecule has 0 unspecified atom stereocenters. The number of likely N-dealkylation sites (tertiary alicyclic amines) is 1. The normalized spacial score (nSPS) is 20.3. The van der Waals surface area contributed by atoms with Gasteiger partial charge in [0.2, 0.25) is 11.8 Å². The van der Waals surface area contributed by atoms with Crippen molar-refractivity contribution >= 4 is 23.6 Å². The van der Waals surface area contributed by atoms with Gasteiger partial charge in [-0.05, 0) is 43.9 Å². The Kier molecular flexibility index (Phi) is 6.95. The second-order valence-corrected chi connectivity index (χ2v) is 9.20. The maximum atomic E-state index is 13.7. The maximum Gasteiger partial charge on any atom is 0.405 e. The van der Waals surface area contributed by atoms with Crippen molar-refractivity contribution in [1.29, 1.82) is 0 Å². The van der Waals surface area contributed by atoms with Gasteiger partial charge in [-0.1, -0.05) is 12.8 Å². The number of amides is 3. The fraction of sp³-hybridized carbons (Fsp3) is 0.583. The fourth-order valence-corrected chi connectivity index (χ4v) is 5.34. The first kappa shape index (κ1) is 23.8. The van der Waals surface area contributed by atoms with E-state index in [1.807, 2.05) is 18.2 Å². The van der Waals surface area contributed by atoms with Crippen molar-refractivity contribution in [3.8, 4) is 11.5 Å². The summed E-state index contributed by atoms with van der Waals surface area (Å²) >= 11 is 0. The highest BCUT2D eigenvalue weighted by molar-refractivity contribution is 6.06. The molecule has 1 spiro atoms. The Morgan fingerprint density at radius 1 is 1.15 bits per heavy atom. The van der Waals surface area contributed by atoms with Crippen LogP contribution in [0.2, 0.25) is 0 Å². The molecule has 0 aromatic heterocycles. The monoisotopic (exact) mass is 472 g/mol. The highest BCUT2D eigenvalue weighted by Gasteiger charge is 2.49. The van der Waals surface area contributed by atoms with E-state index in [-0.39, 0.29) is 24.4 Å². The van der Waals surface area contributed by atoms with E-state index in [4.69, 9.17) is 19.7 Å². The Bertz CT molecular complexity index is 980. The molecule has 0 atom stereocenters. The van der Waals surface area contributed by atoms with Crippen molar-refractivity contribution < 1.29 is 29.0 Å². The smallest absolute Gasteiger partial charge is 0.405 e. The lowest BCUT2D eigenvalue weighted by molar-refractivity contribution is -0.147. The molecule has 1 aromatic carbocycles. The van der Waals surface area contributed by atoms with Crippen LogP contribution in [0.4, 0.5) is 4.79 Å². The summed E-state index contributed by atoms with van der Waals surface area (Å²) in [7, 11) is 3.19. The van der Waals surface area contributed by atoms with Crippen molar-refractivity contribution in [2.45, 2.75) is 51.0 Å². The molecule has 3 amide bonds. The summed E-state index contributed by atoms with van der Waals surface area (Å²) in [5.41, 5.74) is 1.35. The fourth-order valence-electron chi connectivity index (χ4n) is 5.34. The van der Waals surface area contributed by atoms with E-state index in [0.717, 1.165) is 37.0 Å². The molecule has 2 fully saturated rings. The third-order valence-corrected chi connectivity index (χ3v) is 7.23. The lowest BCUT2D eigenvalue weighted by Gasteiger charge is -2.43. The van der Waals surface area contributed by atoms with Crippen LogP contribution in [0.5, 0.6) is 11.5 Å². The van der Waals surface area contributed by atoms with Crippen molar-refractivity contribution in [3.63, 3.8) is 0 Å². The Labute approximate surface area is 198 Å². The number of nitrogens with one attached hydrogen (secondary N) is 1. The van der Waals surface area contributed by atoms with Gasteiger partial charge in [-0.2, -0.15) is 5.10 Å². The first-order chi connectivity index (χ1) is 16.4. The van der Waals surface area contributed by atoms with Crippen LogP contribution in [0.25, 0.3) is 0 Å². The number of rotatable bonds is 6. The van der Waals surface area contributed by atoms with E-state index in [9.17, 15) is 14.4 Å². The van der Waals surface area contributed by atoms with Crippen LogP contribution in [0.1, 0.15) is 50.5 Å². The van der Waals surface area contributed by atoms with Gasteiger partial charge < -0.3 is 24.8 Å². The molecule has 1 aliphatic carbocycles. The van der Waals surface area contributed by atoms with Crippen molar-refractivity contribution in [3.05, 3.63) is 23.8 Å². The van der Waals surface area contributed by atoms with Gasteiger partial charge in [0.1, 0.15) is 6.54 Å². The first-order valence-electron chi connectivity index (χ1n) is 11.7. The molecule has 2 N–H and O–H groups in total. The maximum absolute atomic E-state index is 13.7. The summed E-state index contributed by atoms with van der Waals surface area (Å²) in [6.07, 6.45) is 4.36. The van der Waals surface area contributed by atoms with Crippen molar-refractivity contribution in [2.75, 3.05) is 33.9 Å². The number of nitrogens with zero attached hydrogens (tertiary/aromatic N) is 3. The molecule has 3 aliphatic rings. The van der Waals surface area contributed by atoms with Crippen LogP contribution in [0, 0.1) is 5.41 Å². The van der Waals surface area contributed by atoms with Crippen LogP contribution in [-0.4, -0.2) is 78.5 Å². The van der Waals surface area contributed by atoms with Gasteiger partial charge in [-0.15, -0.1) is 0 Å². The van der Waals surface area contributed by atoms with E-state index in [1.54, 1.807) is 24.1 Å². The predicted molar refractivity (Wildman–Crippen MR) is 124 cm³/mol. The molecule has 2 aliphatic heterocycles. The summed E-state index contributed by atoms with van der Waals surface area (Å²) in [5, 5.41) is 17.4. The van der Waals surface area contributed by atoms with Crippen molar-refractivity contribution in [1.82, 2.24) is 15.2 Å². The number of carbonyl (C=O) groups is 3. The summed E-state index contributed by atoms with van der Waals surface area (Å²) < 4.78 is 10.8. The van der Waals surface area contributed by atoms with Crippen LogP contribution in [-0.2, 0) is 9.59 Å². The molecule has 10 heteroatoms. The van der Waals surface area contributed by atoms with Crippen molar-refractivity contribution in [2.24, 2.45) is 10.5 Å². The number of piperidine rings is 1. The summed E-state index contributed by atoms with van der Waals surface area (Å²) in [5.74, 6) is 1.09. The third-order valence-electron chi connectivity index (χ3n) is 7.23. The highest BCUT2D eigenvalue weighted by Crippen LogP contribution is 2.47. The first-order valence-corrected chi connectivity index (χ1v) is 11.7. The van der Waals surface area contributed by atoms with E-state index >= 15 is 0 Å². The molecule has 34 heavy (non-hydrogen) atoms. The quantitative estimate of drug-likeness (QED) is 0.656. The molecule has 4 rings (SSSR count). The average molecular weight is 473 g/mol. The van der Waals surface area contributed by atoms with Crippen LogP contribution < -0.4 is 14.8 Å². The predicted octanol–water partition coefficient (Wildman–Crippen LogP) is 2.46. The molecular weight excluding hydrogens is 440 g/mol. The zero-order valence-corrected chi connectivity index (χ0v) is 19.7. The van der Waals surface area contributed by atoms with E-state index in [0.29, 0.717) is 43.9 Å². The summed E-state index contributed by atoms with van der Waals surface area (Å²) in [4.78, 5) is 38.3. The second-order valence-electron chi connectivity index (χ2n) is 9.20. The molecule has 1 aromatic rings. The Morgan fingerprint density at radius 3 is 2.44 bits per heavy atom. The molecule has 1 saturated carbocycles. The van der Waals surface area contributed by atoms with Gasteiger partial charge in [0.15, 0.2) is 11.5 Å². The lowest BCUT2D eigenvalue weighted by Crippen LogP contribution is -2.54. The molecule has 1 saturated heterocycles. The summed E-state index contributed by atoms with van der Waals surface area (Å²) in [6, 6.07) is 5.61. The number of hydrogen-bond donors (Lipinski definition) is 2. The zero-order chi connectivity index (χ0) is 24.3. The third kappa shape index (κ3) is 4.67. The molecular formula is C24H32N4O6. The minimum atomic E-state index is -1.22. The van der Waals surface area contributed by atoms with Crippen LogP contribution >= 0.6 is 0 Å².